The quantitative estimate of drug-likeness (QED) is 0.914. The lowest BCUT2D eigenvalue weighted by Gasteiger charge is -2.24. The van der Waals surface area contributed by atoms with E-state index in [1.165, 1.54) is 24.8 Å². The number of nitrogens with zero attached hydrogens (tertiary/aromatic N) is 3. The van der Waals surface area contributed by atoms with E-state index in [-0.39, 0.29) is 0 Å². The minimum Gasteiger partial charge on any atom is -0.356 e. The Morgan fingerprint density at radius 2 is 2.15 bits per heavy atom. The van der Waals surface area contributed by atoms with Gasteiger partial charge in [-0.15, -0.1) is 0 Å². The molecule has 0 aliphatic carbocycles. The van der Waals surface area contributed by atoms with E-state index >= 15 is 0 Å². The Morgan fingerprint density at radius 3 is 2.85 bits per heavy atom. The van der Waals surface area contributed by atoms with Crippen molar-refractivity contribution >= 4 is 11.8 Å². The summed E-state index contributed by atoms with van der Waals surface area (Å²) in [5.41, 5.74) is 1.18. The van der Waals surface area contributed by atoms with Gasteiger partial charge >= 0.3 is 0 Å². The van der Waals surface area contributed by atoms with Crippen LogP contribution in [0.4, 0.5) is 11.8 Å². The van der Waals surface area contributed by atoms with Crippen molar-refractivity contribution in [3.8, 4) is 0 Å². The lowest BCUT2D eigenvalue weighted by Crippen LogP contribution is -2.27. The molecule has 1 fully saturated rings. The topological polar surface area (TPSA) is 41.1 Å². The first-order chi connectivity index (χ1) is 9.61. The largest absolute Gasteiger partial charge is 0.356 e. The third-order valence-electron chi connectivity index (χ3n) is 4.29. The van der Waals surface area contributed by atoms with Crippen molar-refractivity contribution in [2.75, 3.05) is 29.9 Å². The molecular weight excluding hydrogens is 248 g/mol. The van der Waals surface area contributed by atoms with Crippen LogP contribution in [0.1, 0.15) is 45.6 Å². The van der Waals surface area contributed by atoms with Gasteiger partial charge in [-0.25, -0.2) is 4.98 Å². The van der Waals surface area contributed by atoms with Crippen LogP contribution in [0.5, 0.6) is 0 Å². The summed E-state index contributed by atoms with van der Waals surface area (Å²) in [7, 11) is 0. The molecule has 2 heterocycles. The van der Waals surface area contributed by atoms with Crippen LogP contribution in [0.25, 0.3) is 0 Å². The molecule has 0 radical (unpaired) electrons. The molecule has 1 aliphatic heterocycles. The van der Waals surface area contributed by atoms with Crippen LogP contribution in [0.2, 0.25) is 0 Å². The number of anilines is 2. The van der Waals surface area contributed by atoms with Crippen LogP contribution in [0, 0.1) is 18.8 Å². The van der Waals surface area contributed by atoms with Crippen LogP contribution in [-0.2, 0) is 0 Å². The fourth-order valence-corrected chi connectivity index (χ4v) is 3.00. The van der Waals surface area contributed by atoms with Crippen molar-refractivity contribution in [1.82, 2.24) is 9.97 Å². The number of aryl methyl sites for hydroxylation is 1. The van der Waals surface area contributed by atoms with E-state index in [2.05, 4.69) is 42.9 Å². The molecule has 1 saturated heterocycles. The van der Waals surface area contributed by atoms with Crippen LogP contribution in [0.3, 0.4) is 0 Å². The van der Waals surface area contributed by atoms with E-state index in [0.29, 0.717) is 0 Å². The van der Waals surface area contributed by atoms with Gasteiger partial charge in [-0.05, 0) is 44.9 Å². The van der Waals surface area contributed by atoms with Gasteiger partial charge < -0.3 is 10.2 Å². The third kappa shape index (κ3) is 3.62. The summed E-state index contributed by atoms with van der Waals surface area (Å²) < 4.78 is 0. The fourth-order valence-electron chi connectivity index (χ4n) is 3.00. The standard InChI is InChI=1S/C16H28N4/c1-5-17-16-18-11-13(4)15(19-16)20-9-6-7-14(8-10-20)12(2)3/h11-12,14H,5-10H2,1-4H3,(H,17,18,19). The Hall–Kier alpha value is -1.32. The van der Waals surface area contributed by atoms with Gasteiger partial charge in [0.15, 0.2) is 0 Å². The average Bonchev–Trinajstić information content (AvgIpc) is 2.67. The first kappa shape index (κ1) is 15.1. The maximum atomic E-state index is 4.70. The zero-order chi connectivity index (χ0) is 14.5. The van der Waals surface area contributed by atoms with Crippen LogP contribution >= 0.6 is 0 Å². The highest BCUT2D eigenvalue weighted by molar-refractivity contribution is 5.49. The van der Waals surface area contributed by atoms with E-state index in [9.17, 15) is 0 Å². The molecular formula is C16H28N4. The maximum absolute atomic E-state index is 4.70. The Labute approximate surface area is 123 Å². The molecule has 0 aromatic carbocycles. The molecule has 1 aromatic heterocycles. The highest BCUT2D eigenvalue weighted by Gasteiger charge is 2.21. The van der Waals surface area contributed by atoms with Crippen molar-refractivity contribution in [2.45, 2.75) is 47.0 Å². The van der Waals surface area contributed by atoms with Crippen molar-refractivity contribution in [3.05, 3.63) is 11.8 Å². The molecule has 1 aromatic rings. The second kappa shape index (κ2) is 6.91. The molecule has 4 heteroatoms. The summed E-state index contributed by atoms with van der Waals surface area (Å²) >= 11 is 0. The lowest BCUT2D eigenvalue weighted by molar-refractivity contribution is 0.351. The van der Waals surface area contributed by atoms with Crippen LogP contribution in [-0.4, -0.2) is 29.6 Å². The minimum atomic E-state index is 0.748. The van der Waals surface area contributed by atoms with E-state index in [4.69, 9.17) is 4.98 Å². The second-order valence-corrected chi connectivity index (χ2v) is 6.15. The first-order valence-electron chi connectivity index (χ1n) is 7.94. The smallest absolute Gasteiger partial charge is 0.224 e. The molecule has 112 valence electrons. The minimum absolute atomic E-state index is 0.748. The van der Waals surface area contributed by atoms with Gasteiger partial charge in [0.25, 0.3) is 0 Å². The summed E-state index contributed by atoms with van der Waals surface area (Å²) in [6.45, 7) is 12.0. The summed E-state index contributed by atoms with van der Waals surface area (Å²) in [6, 6.07) is 0. The average molecular weight is 276 g/mol. The molecule has 0 amide bonds. The van der Waals surface area contributed by atoms with E-state index in [1.807, 2.05) is 6.20 Å². The summed E-state index contributed by atoms with van der Waals surface area (Å²) in [6.07, 6.45) is 5.82. The molecule has 1 N–H and O–H groups in total. The third-order valence-corrected chi connectivity index (χ3v) is 4.29. The SMILES string of the molecule is CCNc1ncc(C)c(N2CCCC(C(C)C)CC2)n1. The Morgan fingerprint density at radius 1 is 1.35 bits per heavy atom. The van der Waals surface area contributed by atoms with Gasteiger partial charge in [0.1, 0.15) is 5.82 Å². The molecule has 1 atom stereocenters. The summed E-state index contributed by atoms with van der Waals surface area (Å²) in [5, 5.41) is 3.21. The van der Waals surface area contributed by atoms with E-state index in [1.54, 1.807) is 0 Å². The molecule has 0 saturated carbocycles. The zero-order valence-electron chi connectivity index (χ0n) is 13.3. The maximum Gasteiger partial charge on any atom is 0.224 e. The molecule has 4 nitrogen and oxygen atoms in total. The molecule has 0 spiro atoms. The number of nitrogens with one attached hydrogen (secondary N) is 1. The fraction of sp³-hybridized carbons (Fsp3) is 0.750. The molecule has 1 unspecified atom stereocenters. The van der Waals surface area contributed by atoms with Crippen molar-refractivity contribution in [3.63, 3.8) is 0 Å². The second-order valence-electron chi connectivity index (χ2n) is 6.15. The van der Waals surface area contributed by atoms with E-state index < -0.39 is 0 Å². The van der Waals surface area contributed by atoms with E-state index in [0.717, 1.165) is 43.2 Å². The molecule has 2 rings (SSSR count). The predicted octanol–water partition coefficient (Wildman–Crippen LogP) is 3.48. The highest BCUT2D eigenvalue weighted by Crippen LogP contribution is 2.28. The number of hydrogen-bond donors (Lipinski definition) is 1. The van der Waals surface area contributed by atoms with Crippen molar-refractivity contribution in [2.24, 2.45) is 11.8 Å². The lowest BCUT2D eigenvalue weighted by atomic mass is 9.89. The first-order valence-corrected chi connectivity index (χ1v) is 7.94. The monoisotopic (exact) mass is 276 g/mol. The van der Waals surface area contributed by atoms with Crippen LogP contribution < -0.4 is 10.2 Å². The van der Waals surface area contributed by atoms with Crippen molar-refractivity contribution < 1.29 is 0 Å². The van der Waals surface area contributed by atoms with Crippen molar-refractivity contribution in [1.29, 1.82) is 0 Å². The summed E-state index contributed by atoms with van der Waals surface area (Å²) in [4.78, 5) is 11.5. The Kier molecular flexibility index (Phi) is 5.21. The molecule has 0 bridgehead atoms. The highest BCUT2D eigenvalue weighted by atomic mass is 15.2. The number of hydrogen-bond acceptors (Lipinski definition) is 4. The van der Waals surface area contributed by atoms with Gasteiger partial charge in [0, 0.05) is 31.4 Å². The van der Waals surface area contributed by atoms with Gasteiger partial charge in [-0.3, -0.25) is 0 Å². The molecule has 1 aliphatic rings. The van der Waals surface area contributed by atoms with Gasteiger partial charge in [-0.1, -0.05) is 13.8 Å². The Balaban J connectivity index is 2.12. The Bertz CT molecular complexity index is 430. The predicted molar refractivity (Wildman–Crippen MR) is 85.3 cm³/mol. The van der Waals surface area contributed by atoms with Gasteiger partial charge in [0.2, 0.25) is 5.95 Å². The number of rotatable bonds is 4. The zero-order valence-corrected chi connectivity index (χ0v) is 13.3. The van der Waals surface area contributed by atoms with Crippen LogP contribution in [0.15, 0.2) is 6.20 Å². The van der Waals surface area contributed by atoms with Gasteiger partial charge in [0.05, 0.1) is 0 Å². The normalized spacial score (nSPS) is 20.1. The summed E-state index contributed by atoms with van der Waals surface area (Å²) in [5.74, 6) is 3.51. The van der Waals surface area contributed by atoms with Gasteiger partial charge in [-0.2, -0.15) is 4.98 Å². The number of aromatic nitrogens is 2. The molecule has 20 heavy (non-hydrogen) atoms.